The summed E-state index contributed by atoms with van der Waals surface area (Å²) in [4.78, 5) is 36.8. The average molecular weight is 586 g/mol. The van der Waals surface area contributed by atoms with Gasteiger partial charge in [0.05, 0.1) is 5.41 Å². The van der Waals surface area contributed by atoms with Gasteiger partial charge < -0.3 is 20.5 Å². The number of para-hydroxylation sites is 1. The van der Waals surface area contributed by atoms with Gasteiger partial charge in [-0.25, -0.2) is 9.78 Å². The third-order valence-corrected chi connectivity index (χ3v) is 8.45. The maximum absolute atomic E-state index is 13.2. The lowest BCUT2D eigenvalue weighted by atomic mass is 9.98. The molecule has 43 heavy (non-hydrogen) atoms. The minimum Gasteiger partial charge on any atom is -0.492 e. The molecule has 1 saturated carbocycles. The molecular weight excluding hydrogens is 542 g/mol. The zero-order valence-electron chi connectivity index (χ0n) is 24.8. The fourth-order valence-corrected chi connectivity index (χ4v) is 5.66. The third kappa shape index (κ3) is 9.00. The number of hydrogen-bond donors (Lipinski definition) is 3. The number of carbonyl (C=O) groups is 2. The molecule has 3 heterocycles. The number of fused-ring (bicyclic) bond motifs is 1. The molecule has 0 radical (unpaired) electrons. The lowest BCUT2D eigenvalue weighted by molar-refractivity contribution is -0.143. The molecule has 1 aliphatic heterocycles. The summed E-state index contributed by atoms with van der Waals surface area (Å²) < 4.78 is 5.94. The molecule has 228 valence electrons. The summed E-state index contributed by atoms with van der Waals surface area (Å²) in [5, 5.41) is 16.2. The number of carbonyl (C=O) groups excluding carboxylic acids is 1. The molecule has 3 aromatic rings. The summed E-state index contributed by atoms with van der Waals surface area (Å²) in [7, 11) is 0. The number of benzene rings is 1. The minimum atomic E-state index is -1.01. The molecule has 1 aliphatic carbocycles. The Labute approximate surface area is 254 Å². The maximum atomic E-state index is 13.2. The van der Waals surface area contributed by atoms with Crippen molar-refractivity contribution in [3.8, 4) is 5.75 Å². The molecule has 1 amide bonds. The second-order valence-corrected chi connectivity index (χ2v) is 11.7. The Morgan fingerprint density at radius 1 is 1.00 bits per heavy atom. The second-order valence-electron chi connectivity index (χ2n) is 11.7. The van der Waals surface area contributed by atoms with Crippen LogP contribution in [0.15, 0.2) is 66.9 Å². The highest BCUT2D eigenvalue weighted by Gasteiger charge is 2.50. The van der Waals surface area contributed by atoms with E-state index in [9.17, 15) is 14.7 Å². The fraction of sp³-hybridized carbons (Fsp3) is 0.471. The zero-order chi connectivity index (χ0) is 29.9. The number of ether oxygens (including phenoxy) is 1. The predicted octanol–water partition coefficient (Wildman–Crippen LogP) is 4.52. The maximum Gasteiger partial charge on any atom is 0.326 e. The van der Waals surface area contributed by atoms with Gasteiger partial charge >= 0.3 is 5.97 Å². The van der Waals surface area contributed by atoms with Crippen LogP contribution < -0.4 is 15.4 Å². The first-order valence-electron chi connectivity index (χ1n) is 15.6. The van der Waals surface area contributed by atoms with Gasteiger partial charge in [-0.1, -0.05) is 30.3 Å². The molecule has 1 aromatic carbocycles. The standard InChI is InChI=1S/C34H43N5O4/c40-32(41)30(38-33(42)34(17-18-34)25-28-11-4-6-19-35-28)16-22-39(23-24-43-29-12-2-1-3-13-29)21-7-5-10-27-15-14-26-9-8-20-36-31(26)37-27/h1-4,6,11-15,19,30H,5,7-10,16-18,20-25H2,(H,36,37)(H,38,42)(H,40,41). The van der Waals surface area contributed by atoms with Crippen molar-refractivity contribution in [2.75, 3.05) is 38.1 Å². The van der Waals surface area contributed by atoms with Gasteiger partial charge in [0.1, 0.15) is 24.2 Å². The highest BCUT2D eigenvalue weighted by molar-refractivity contribution is 5.89. The Morgan fingerprint density at radius 3 is 2.60 bits per heavy atom. The molecule has 0 spiro atoms. The fourth-order valence-electron chi connectivity index (χ4n) is 5.66. The molecule has 1 fully saturated rings. The summed E-state index contributed by atoms with van der Waals surface area (Å²) in [6, 6.07) is 18.8. The van der Waals surface area contributed by atoms with Gasteiger partial charge in [-0.3, -0.25) is 14.7 Å². The summed E-state index contributed by atoms with van der Waals surface area (Å²) in [6.45, 7) is 3.50. The number of hydrogen-bond acceptors (Lipinski definition) is 7. The van der Waals surface area contributed by atoms with Crippen molar-refractivity contribution in [2.45, 2.75) is 63.8 Å². The third-order valence-electron chi connectivity index (χ3n) is 8.45. The van der Waals surface area contributed by atoms with Crippen molar-refractivity contribution >= 4 is 17.7 Å². The Balaban J connectivity index is 1.13. The Kier molecular flexibility index (Phi) is 10.6. The number of aliphatic carboxylic acids is 1. The van der Waals surface area contributed by atoms with Crippen LogP contribution in [0.5, 0.6) is 5.75 Å². The SMILES string of the molecule is O=C(O)C(CCN(CCCCc1ccc2c(n1)NCCC2)CCOc1ccccc1)NC(=O)C1(Cc2ccccn2)CC1. The summed E-state index contributed by atoms with van der Waals surface area (Å²) in [5.74, 6) is 0.650. The Morgan fingerprint density at radius 2 is 1.84 bits per heavy atom. The van der Waals surface area contributed by atoms with Gasteiger partial charge in [0.15, 0.2) is 0 Å². The van der Waals surface area contributed by atoms with Crippen LogP contribution in [0.4, 0.5) is 5.82 Å². The van der Waals surface area contributed by atoms with Crippen molar-refractivity contribution in [3.63, 3.8) is 0 Å². The molecule has 0 saturated heterocycles. The van der Waals surface area contributed by atoms with Crippen molar-refractivity contribution in [3.05, 3.63) is 83.8 Å². The number of aryl methyl sites for hydroxylation is 2. The minimum absolute atomic E-state index is 0.184. The average Bonchev–Trinajstić information content (AvgIpc) is 3.82. The van der Waals surface area contributed by atoms with Gasteiger partial charge in [-0.15, -0.1) is 0 Å². The lowest BCUT2D eigenvalue weighted by Crippen LogP contribution is -2.46. The largest absolute Gasteiger partial charge is 0.492 e. The molecule has 9 heteroatoms. The number of nitrogens with one attached hydrogen (secondary N) is 2. The van der Waals surface area contributed by atoms with Crippen LogP contribution in [0.1, 0.15) is 55.5 Å². The molecular formula is C34H43N5O4. The molecule has 3 N–H and O–H groups in total. The van der Waals surface area contributed by atoms with E-state index in [2.05, 4.69) is 32.7 Å². The van der Waals surface area contributed by atoms with Gasteiger partial charge in [0, 0.05) is 43.6 Å². The van der Waals surface area contributed by atoms with Crippen LogP contribution >= 0.6 is 0 Å². The number of rotatable bonds is 17. The number of nitrogens with zero attached hydrogens (tertiary/aromatic N) is 3. The van der Waals surface area contributed by atoms with Gasteiger partial charge in [0.2, 0.25) is 5.91 Å². The van der Waals surface area contributed by atoms with E-state index in [4.69, 9.17) is 9.72 Å². The number of pyridine rings is 2. The zero-order valence-corrected chi connectivity index (χ0v) is 24.8. The van der Waals surface area contributed by atoms with E-state index in [1.54, 1.807) is 6.20 Å². The topological polar surface area (TPSA) is 117 Å². The number of unbranched alkanes of at least 4 members (excludes halogenated alkanes) is 1. The van der Waals surface area contributed by atoms with E-state index in [-0.39, 0.29) is 5.91 Å². The van der Waals surface area contributed by atoms with E-state index in [1.165, 1.54) is 5.56 Å². The molecule has 0 bridgehead atoms. The molecule has 9 nitrogen and oxygen atoms in total. The molecule has 1 atom stereocenters. The van der Waals surface area contributed by atoms with Gasteiger partial charge in [-0.2, -0.15) is 0 Å². The van der Waals surface area contributed by atoms with Crippen molar-refractivity contribution in [1.29, 1.82) is 0 Å². The number of carboxylic acid groups (broad SMARTS) is 1. The molecule has 2 aromatic heterocycles. The van der Waals surface area contributed by atoms with Gasteiger partial charge in [-0.05, 0) is 93.8 Å². The van der Waals surface area contributed by atoms with Crippen LogP contribution in [0.25, 0.3) is 0 Å². The van der Waals surface area contributed by atoms with E-state index in [0.717, 1.165) is 81.0 Å². The van der Waals surface area contributed by atoms with Crippen LogP contribution in [-0.4, -0.2) is 70.7 Å². The highest BCUT2D eigenvalue weighted by Crippen LogP contribution is 2.48. The summed E-state index contributed by atoms with van der Waals surface area (Å²) >= 11 is 0. The number of anilines is 1. The molecule has 5 rings (SSSR count). The summed E-state index contributed by atoms with van der Waals surface area (Å²) in [6.07, 6.45) is 9.14. The van der Waals surface area contributed by atoms with E-state index < -0.39 is 17.4 Å². The van der Waals surface area contributed by atoms with E-state index >= 15 is 0 Å². The quantitative estimate of drug-likeness (QED) is 0.198. The first kappa shape index (κ1) is 30.5. The predicted molar refractivity (Wildman–Crippen MR) is 166 cm³/mol. The van der Waals surface area contributed by atoms with Crippen LogP contribution in [-0.2, 0) is 28.9 Å². The summed E-state index contributed by atoms with van der Waals surface area (Å²) in [5.41, 5.74) is 2.70. The normalized spacial score (nSPS) is 15.7. The van der Waals surface area contributed by atoms with Crippen LogP contribution in [0.3, 0.4) is 0 Å². The van der Waals surface area contributed by atoms with E-state index in [1.807, 2.05) is 48.5 Å². The molecule has 2 aliphatic rings. The van der Waals surface area contributed by atoms with Crippen molar-refractivity contribution in [1.82, 2.24) is 20.2 Å². The highest BCUT2D eigenvalue weighted by atomic mass is 16.5. The van der Waals surface area contributed by atoms with Gasteiger partial charge in [0.25, 0.3) is 0 Å². The number of carboxylic acids is 1. The number of aromatic nitrogens is 2. The first-order valence-corrected chi connectivity index (χ1v) is 15.6. The smallest absolute Gasteiger partial charge is 0.326 e. The van der Waals surface area contributed by atoms with Crippen LogP contribution in [0.2, 0.25) is 0 Å². The van der Waals surface area contributed by atoms with Crippen molar-refractivity contribution < 1.29 is 19.4 Å². The van der Waals surface area contributed by atoms with Crippen LogP contribution in [0, 0.1) is 5.41 Å². The first-order chi connectivity index (χ1) is 21.0. The monoisotopic (exact) mass is 585 g/mol. The molecule has 1 unspecified atom stereocenters. The number of amides is 1. The Bertz CT molecular complexity index is 1330. The van der Waals surface area contributed by atoms with Crippen molar-refractivity contribution in [2.24, 2.45) is 5.41 Å². The second kappa shape index (κ2) is 15.0. The Hall–Kier alpha value is -3.98. The lowest BCUT2D eigenvalue weighted by Gasteiger charge is -2.25. The van der Waals surface area contributed by atoms with E-state index in [0.29, 0.717) is 32.5 Å².